The van der Waals surface area contributed by atoms with Gasteiger partial charge in [0, 0.05) is 10.5 Å². The van der Waals surface area contributed by atoms with Crippen molar-refractivity contribution >= 4 is 37.9 Å². The van der Waals surface area contributed by atoms with Gasteiger partial charge in [0.25, 0.3) is 0 Å². The van der Waals surface area contributed by atoms with Crippen LogP contribution in [0.25, 0.3) is 6.08 Å². The number of ether oxygens (including phenoxy) is 1. The van der Waals surface area contributed by atoms with Gasteiger partial charge in [0.05, 0.1) is 16.5 Å². The Bertz CT molecular complexity index is 418. The summed E-state index contributed by atoms with van der Waals surface area (Å²) in [4.78, 5) is 9.66. The number of nitrogens with zero attached hydrogens (tertiary/aromatic N) is 1. The van der Waals surface area contributed by atoms with Gasteiger partial charge in [-0.1, -0.05) is 15.9 Å². The second-order valence-corrected chi connectivity index (χ2v) is 4.32. The Labute approximate surface area is 103 Å². The monoisotopic (exact) mass is 335 g/mol. The number of methoxy groups -OCH3 is 1. The fourth-order valence-corrected chi connectivity index (χ4v) is 2.26. The zero-order valence-electron chi connectivity index (χ0n) is 7.74. The molecule has 0 N–H and O–H groups in total. The Balaban J connectivity index is 3.13. The van der Waals surface area contributed by atoms with Crippen LogP contribution >= 0.6 is 31.9 Å². The summed E-state index contributed by atoms with van der Waals surface area (Å²) in [6.07, 6.45) is 2.28. The molecule has 0 aliphatic carbocycles. The van der Waals surface area contributed by atoms with Crippen LogP contribution in [-0.2, 0) is 0 Å². The molecule has 0 aromatic heterocycles. The van der Waals surface area contributed by atoms with Crippen molar-refractivity contribution in [1.82, 2.24) is 0 Å². The van der Waals surface area contributed by atoms with Gasteiger partial charge < -0.3 is 4.74 Å². The van der Waals surface area contributed by atoms with Gasteiger partial charge >= 0.3 is 0 Å². The van der Waals surface area contributed by atoms with Crippen LogP contribution in [0.2, 0.25) is 0 Å². The Morgan fingerprint density at radius 1 is 1.40 bits per heavy atom. The molecule has 15 heavy (non-hydrogen) atoms. The van der Waals surface area contributed by atoms with Crippen LogP contribution in [0, 0.1) is 10.1 Å². The molecule has 0 heterocycles. The molecule has 0 aliphatic heterocycles. The maximum Gasteiger partial charge on any atom is 0.235 e. The van der Waals surface area contributed by atoms with Crippen LogP contribution in [0.5, 0.6) is 5.75 Å². The summed E-state index contributed by atoms with van der Waals surface area (Å²) < 4.78 is 6.62. The summed E-state index contributed by atoms with van der Waals surface area (Å²) >= 11 is 6.61. The Morgan fingerprint density at radius 3 is 2.60 bits per heavy atom. The first-order chi connectivity index (χ1) is 7.04. The molecule has 0 radical (unpaired) electrons. The van der Waals surface area contributed by atoms with Gasteiger partial charge in [-0.05, 0) is 33.6 Å². The van der Waals surface area contributed by atoms with E-state index >= 15 is 0 Å². The molecule has 1 aromatic rings. The van der Waals surface area contributed by atoms with Crippen molar-refractivity contribution in [2.75, 3.05) is 7.11 Å². The molecule has 0 amide bonds. The predicted molar refractivity (Wildman–Crippen MR) is 64.4 cm³/mol. The van der Waals surface area contributed by atoms with E-state index in [2.05, 4.69) is 31.9 Å². The minimum atomic E-state index is -0.513. The van der Waals surface area contributed by atoms with Gasteiger partial charge in [0.2, 0.25) is 6.20 Å². The van der Waals surface area contributed by atoms with E-state index in [1.165, 1.54) is 13.2 Å². The first kappa shape index (κ1) is 12.2. The zero-order valence-corrected chi connectivity index (χ0v) is 10.9. The number of hydrogen-bond donors (Lipinski definition) is 0. The molecular weight excluding hydrogens is 330 g/mol. The molecule has 80 valence electrons. The first-order valence-electron chi connectivity index (χ1n) is 3.89. The fourth-order valence-electron chi connectivity index (χ4n) is 0.970. The molecular formula is C9H7Br2NO3. The van der Waals surface area contributed by atoms with Crippen molar-refractivity contribution in [3.63, 3.8) is 0 Å². The Kier molecular flexibility index (Phi) is 4.28. The largest absolute Gasteiger partial charge is 0.496 e. The van der Waals surface area contributed by atoms with E-state index in [0.29, 0.717) is 11.3 Å². The lowest BCUT2D eigenvalue weighted by atomic mass is 10.2. The van der Waals surface area contributed by atoms with E-state index < -0.39 is 4.92 Å². The number of rotatable bonds is 3. The minimum Gasteiger partial charge on any atom is -0.496 e. The van der Waals surface area contributed by atoms with Gasteiger partial charge in [-0.25, -0.2) is 0 Å². The average molecular weight is 337 g/mol. The molecule has 1 aromatic carbocycles. The van der Waals surface area contributed by atoms with Crippen molar-refractivity contribution in [3.8, 4) is 5.75 Å². The quantitative estimate of drug-likeness (QED) is 0.627. The van der Waals surface area contributed by atoms with Crippen LogP contribution in [0.4, 0.5) is 0 Å². The van der Waals surface area contributed by atoms with E-state index in [4.69, 9.17) is 4.74 Å². The molecule has 4 nitrogen and oxygen atoms in total. The molecule has 1 rings (SSSR count). The molecule has 0 aliphatic rings. The van der Waals surface area contributed by atoms with E-state index in [1.807, 2.05) is 0 Å². The standard InChI is InChI=1S/C9H7Br2NO3/c1-15-9-4-6(2-3-12(13)14)7(10)5-8(9)11/h2-5H,1H3/b3-2+. The molecule has 0 unspecified atom stereocenters. The van der Waals surface area contributed by atoms with Gasteiger partial charge in [-0.2, -0.15) is 0 Å². The highest BCUT2D eigenvalue weighted by Crippen LogP contribution is 2.31. The lowest BCUT2D eigenvalue weighted by molar-refractivity contribution is -0.400. The van der Waals surface area contributed by atoms with Crippen LogP contribution < -0.4 is 4.74 Å². The fraction of sp³-hybridized carbons (Fsp3) is 0.111. The number of benzene rings is 1. The lowest BCUT2D eigenvalue weighted by Crippen LogP contribution is -1.88. The molecule has 6 heteroatoms. The van der Waals surface area contributed by atoms with E-state index in [0.717, 1.165) is 15.1 Å². The van der Waals surface area contributed by atoms with Gasteiger partial charge in [0.1, 0.15) is 5.75 Å². The first-order valence-corrected chi connectivity index (χ1v) is 5.48. The maximum atomic E-state index is 10.2. The third-order valence-electron chi connectivity index (χ3n) is 1.65. The summed E-state index contributed by atoms with van der Waals surface area (Å²) in [5.74, 6) is 0.626. The molecule has 0 saturated heterocycles. The molecule has 0 spiro atoms. The smallest absolute Gasteiger partial charge is 0.235 e. The minimum absolute atomic E-state index is 0.513. The van der Waals surface area contributed by atoms with Crippen LogP contribution in [0.3, 0.4) is 0 Å². The van der Waals surface area contributed by atoms with Crippen molar-refractivity contribution < 1.29 is 9.66 Å². The topological polar surface area (TPSA) is 52.4 Å². The van der Waals surface area contributed by atoms with Crippen LogP contribution in [0.15, 0.2) is 27.3 Å². The third-order valence-corrected chi connectivity index (χ3v) is 2.95. The summed E-state index contributed by atoms with van der Waals surface area (Å²) in [6.45, 7) is 0. The Hall–Kier alpha value is -0.880. The average Bonchev–Trinajstić information content (AvgIpc) is 2.16. The third kappa shape index (κ3) is 3.32. The number of hydrogen-bond acceptors (Lipinski definition) is 3. The highest BCUT2D eigenvalue weighted by Gasteiger charge is 2.05. The lowest BCUT2D eigenvalue weighted by Gasteiger charge is -2.05. The van der Waals surface area contributed by atoms with Crippen LogP contribution in [0.1, 0.15) is 5.56 Å². The second-order valence-electron chi connectivity index (χ2n) is 2.61. The van der Waals surface area contributed by atoms with Crippen molar-refractivity contribution in [3.05, 3.63) is 43.0 Å². The van der Waals surface area contributed by atoms with Crippen molar-refractivity contribution in [2.24, 2.45) is 0 Å². The van der Waals surface area contributed by atoms with Gasteiger partial charge in [0.15, 0.2) is 0 Å². The van der Waals surface area contributed by atoms with Gasteiger partial charge in [-0.15, -0.1) is 0 Å². The van der Waals surface area contributed by atoms with E-state index in [1.54, 1.807) is 12.1 Å². The summed E-state index contributed by atoms with van der Waals surface area (Å²) in [5.41, 5.74) is 0.687. The highest BCUT2D eigenvalue weighted by atomic mass is 79.9. The number of nitro groups is 1. The normalized spacial score (nSPS) is 10.6. The van der Waals surface area contributed by atoms with Crippen molar-refractivity contribution in [1.29, 1.82) is 0 Å². The SMILES string of the molecule is COc1cc(/C=C/[N+](=O)[O-])c(Br)cc1Br. The van der Waals surface area contributed by atoms with E-state index in [-0.39, 0.29) is 0 Å². The highest BCUT2D eigenvalue weighted by molar-refractivity contribution is 9.11. The summed E-state index contributed by atoms with van der Waals surface area (Å²) in [7, 11) is 1.54. The molecule has 0 atom stereocenters. The second kappa shape index (κ2) is 5.27. The van der Waals surface area contributed by atoms with Gasteiger partial charge in [-0.3, -0.25) is 10.1 Å². The van der Waals surface area contributed by atoms with E-state index in [9.17, 15) is 10.1 Å². The predicted octanol–water partition coefficient (Wildman–Crippen LogP) is 3.47. The van der Waals surface area contributed by atoms with Crippen molar-refractivity contribution in [2.45, 2.75) is 0 Å². The Morgan fingerprint density at radius 2 is 2.07 bits per heavy atom. The zero-order chi connectivity index (χ0) is 11.4. The summed E-state index contributed by atoms with van der Waals surface area (Å²) in [6, 6.07) is 3.48. The molecule has 0 bridgehead atoms. The molecule has 0 fully saturated rings. The maximum absolute atomic E-state index is 10.2. The molecule has 0 saturated carbocycles. The summed E-state index contributed by atoms with van der Waals surface area (Å²) in [5, 5.41) is 10.2. The number of halogens is 2. The van der Waals surface area contributed by atoms with Crippen LogP contribution in [-0.4, -0.2) is 12.0 Å².